The van der Waals surface area contributed by atoms with Crippen LogP contribution in [0.25, 0.3) is 11.0 Å². The summed E-state index contributed by atoms with van der Waals surface area (Å²) < 4.78 is 6.98. The van der Waals surface area contributed by atoms with E-state index >= 15 is 0 Å². The molecule has 0 saturated heterocycles. The van der Waals surface area contributed by atoms with Crippen molar-refractivity contribution in [3.63, 3.8) is 0 Å². The van der Waals surface area contributed by atoms with Gasteiger partial charge in [0.1, 0.15) is 11.1 Å². The lowest BCUT2D eigenvalue weighted by atomic mass is 10.1. The highest BCUT2D eigenvalue weighted by Crippen LogP contribution is 2.21. The molecule has 1 N–H and O–H groups in total. The van der Waals surface area contributed by atoms with E-state index in [0.29, 0.717) is 29.4 Å². The summed E-state index contributed by atoms with van der Waals surface area (Å²) >= 11 is 5.89. The molecule has 0 bridgehead atoms. The molecule has 0 atom stereocenters. The number of fused-ring (bicyclic) bond motifs is 3. The molecule has 0 aromatic carbocycles. The molecule has 2 aromatic heterocycles. The van der Waals surface area contributed by atoms with E-state index in [2.05, 4.69) is 4.98 Å². The van der Waals surface area contributed by atoms with Crippen molar-refractivity contribution in [1.82, 2.24) is 9.55 Å². The first-order valence-corrected chi connectivity index (χ1v) is 5.99. The van der Waals surface area contributed by atoms with Crippen LogP contribution in [-0.2, 0) is 17.9 Å². The first-order valence-electron chi connectivity index (χ1n) is 5.61. The molecule has 1 aliphatic rings. The van der Waals surface area contributed by atoms with Gasteiger partial charge in [0.05, 0.1) is 29.4 Å². The molecule has 0 radical (unpaired) electrons. The molecular weight excluding hydrogens is 272 g/mol. The molecule has 0 saturated carbocycles. The van der Waals surface area contributed by atoms with Crippen molar-refractivity contribution >= 4 is 28.6 Å². The number of carbonyl (C=O) groups is 1. The SMILES string of the molecule is O=C(O)c1c2n(c3cc(Cl)cnc3c1=O)CCOC2. The van der Waals surface area contributed by atoms with E-state index in [1.54, 1.807) is 10.6 Å². The summed E-state index contributed by atoms with van der Waals surface area (Å²) in [5.74, 6) is -1.27. The molecule has 0 unspecified atom stereocenters. The summed E-state index contributed by atoms with van der Waals surface area (Å²) in [7, 11) is 0. The van der Waals surface area contributed by atoms with Gasteiger partial charge in [-0.1, -0.05) is 11.6 Å². The third-order valence-electron chi connectivity index (χ3n) is 3.09. The molecule has 3 rings (SSSR count). The van der Waals surface area contributed by atoms with E-state index in [9.17, 15) is 14.7 Å². The fourth-order valence-electron chi connectivity index (χ4n) is 2.29. The van der Waals surface area contributed by atoms with Gasteiger partial charge < -0.3 is 14.4 Å². The number of aromatic carboxylic acids is 1. The lowest BCUT2D eigenvalue weighted by molar-refractivity contribution is 0.0654. The van der Waals surface area contributed by atoms with Crippen LogP contribution >= 0.6 is 11.6 Å². The maximum Gasteiger partial charge on any atom is 0.341 e. The Balaban J connectivity index is 2.51. The Labute approximate surface area is 112 Å². The minimum Gasteiger partial charge on any atom is -0.477 e. The van der Waals surface area contributed by atoms with Crippen molar-refractivity contribution in [3.05, 3.63) is 38.8 Å². The first-order chi connectivity index (χ1) is 9.09. The number of pyridine rings is 2. The topological polar surface area (TPSA) is 81.4 Å². The number of nitrogens with zero attached hydrogens (tertiary/aromatic N) is 2. The highest BCUT2D eigenvalue weighted by molar-refractivity contribution is 6.31. The highest BCUT2D eigenvalue weighted by Gasteiger charge is 2.24. The first kappa shape index (κ1) is 12.1. The molecule has 7 heteroatoms. The van der Waals surface area contributed by atoms with Crippen molar-refractivity contribution in [2.45, 2.75) is 13.2 Å². The van der Waals surface area contributed by atoms with Crippen LogP contribution in [-0.4, -0.2) is 27.2 Å². The van der Waals surface area contributed by atoms with Gasteiger partial charge in [-0.3, -0.25) is 4.79 Å². The molecule has 0 fully saturated rings. The van der Waals surface area contributed by atoms with Crippen LogP contribution in [0.3, 0.4) is 0 Å². The molecule has 0 aliphatic carbocycles. The molecular formula is C12H9ClN2O4. The Morgan fingerprint density at radius 1 is 1.53 bits per heavy atom. The lowest BCUT2D eigenvalue weighted by Gasteiger charge is -2.23. The molecule has 0 amide bonds. The molecule has 0 spiro atoms. The Bertz CT molecular complexity index is 753. The van der Waals surface area contributed by atoms with Gasteiger partial charge in [0.2, 0.25) is 5.43 Å². The maximum absolute atomic E-state index is 12.2. The second-order valence-corrected chi connectivity index (χ2v) is 4.62. The summed E-state index contributed by atoms with van der Waals surface area (Å²) in [5.41, 5.74) is 0.145. The van der Waals surface area contributed by atoms with Crippen molar-refractivity contribution in [3.8, 4) is 0 Å². The zero-order valence-electron chi connectivity index (χ0n) is 9.72. The maximum atomic E-state index is 12.2. The van der Waals surface area contributed by atoms with Crippen LogP contribution in [0.1, 0.15) is 16.1 Å². The van der Waals surface area contributed by atoms with Crippen LogP contribution in [0.15, 0.2) is 17.1 Å². The Morgan fingerprint density at radius 3 is 3.05 bits per heavy atom. The van der Waals surface area contributed by atoms with Gasteiger partial charge in [0.15, 0.2) is 0 Å². The van der Waals surface area contributed by atoms with E-state index < -0.39 is 11.4 Å². The quantitative estimate of drug-likeness (QED) is 0.851. The van der Waals surface area contributed by atoms with Crippen LogP contribution in [0, 0.1) is 0 Å². The van der Waals surface area contributed by atoms with Crippen LogP contribution in [0.4, 0.5) is 0 Å². The minimum atomic E-state index is -1.27. The van der Waals surface area contributed by atoms with Crippen molar-refractivity contribution in [2.75, 3.05) is 6.61 Å². The Morgan fingerprint density at radius 2 is 2.32 bits per heavy atom. The number of halogens is 1. The summed E-state index contributed by atoms with van der Waals surface area (Å²) in [5, 5.41) is 9.61. The number of rotatable bonds is 1. The van der Waals surface area contributed by atoms with E-state index in [0.717, 1.165) is 0 Å². The third-order valence-corrected chi connectivity index (χ3v) is 3.30. The summed E-state index contributed by atoms with van der Waals surface area (Å²) in [6.07, 6.45) is 1.34. The van der Waals surface area contributed by atoms with Crippen molar-refractivity contribution < 1.29 is 14.6 Å². The van der Waals surface area contributed by atoms with Gasteiger partial charge in [-0.25, -0.2) is 9.78 Å². The Kier molecular flexibility index (Phi) is 2.76. The lowest BCUT2D eigenvalue weighted by Crippen LogP contribution is -2.29. The van der Waals surface area contributed by atoms with Gasteiger partial charge in [-0.05, 0) is 6.07 Å². The van der Waals surface area contributed by atoms with E-state index in [4.69, 9.17) is 16.3 Å². The van der Waals surface area contributed by atoms with Crippen molar-refractivity contribution in [2.24, 2.45) is 0 Å². The number of carboxylic acid groups (broad SMARTS) is 1. The second-order valence-electron chi connectivity index (χ2n) is 4.18. The van der Waals surface area contributed by atoms with Gasteiger partial charge in [-0.15, -0.1) is 0 Å². The van der Waals surface area contributed by atoms with Gasteiger partial charge in [0, 0.05) is 12.7 Å². The number of hydrogen-bond acceptors (Lipinski definition) is 4. The summed E-state index contributed by atoms with van der Waals surface area (Å²) in [4.78, 5) is 27.4. The number of ether oxygens (including phenoxy) is 1. The molecule has 6 nitrogen and oxygen atoms in total. The van der Waals surface area contributed by atoms with Gasteiger partial charge in [-0.2, -0.15) is 0 Å². The largest absolute Gasteiger partial charge is 0.477 e. The van der Waals surface area contributed by atoms with Crippen molar-refractivity contribution in [1.29, 1.82) is 0 Å². The van der Waals surface area contributed by atoms with Crippen LogP contribution < -0.4 is 5.43 Å². The molecule has 2 aromatic rings. The summed E-state index contributed by atoms with van der Waals surface area (Å²) in [6, 6.07) is 1.62. The molecule has 19 heavy (non-hydrogen) atoms. The second kappa shape index (κ2) is 4.32. The van der Waals surface area contributed by atoms with Crippen LogP contribution in [0.5, 0.6) is 0 Å². The van der Waals surface area contributed by atoms with Gasteiger partial charge in [0.25, 0.3) is 0 Å². The van der Waals surface area contributed by atoms with E-state index in [1.807, 2.05) is 0 Å². The smallest absolute Gasteiger partial charge is 0.341 e. The van der Waals surface area contributed by atoms with Crippen LogP contribution in [0.2, 0.25) is 5.02 Å². The third kappa shape index (κ3) is 1.80. The number of hydrogen-bond donors (Lipinski definition) is 1. The Hall–Kier alpha value is -1.92. The zero-order chi connectivity index (χ0) is 13.6. The normalized spacial score (nSPS) is 14.4. The number of carboxylic acids is 1. The molecule has 98 valence electrons. The van der Waals surface area contributed by atoms with E-state index in [-0.39, 0.29) is 17.7 Å². The molecule has 3 heterocycles. The molecule has 1 aliphatic heterocycles. The standard InChI is InChI=1S/C12H9ClN2O4/c13-6-3-7-10(14-4-6)11(16)9(12(17)18)8-5-19-2-1-15(7)8/h3-4H,1-2,5H2,(H,17,18). The highest BCUT2D eigenvalue weighted by atomic mass is 35.5. The number of aromatic nitrogens is 2. The average molecular weight is 281 g/mol. The summed E-state index contributed by atoms with van der Waals surface area (Å²) in [6.45, 7) is 1.02. The minimum absolute atomic E-state index is 0.0966. The van der Waals surface area contributed by atoms with Gasteiger partial charge >= 0.3 is 5.97 Å². The van der Waals surface area contributed by atoms with E-state index in [1.165, 1.54) is 6.20 Å². The fraction of sp³-hybridized carbons (Fsp3) is 0.250. The zero-order valence-corrected chi connectivity index (χ0v) is 10.5. The fourth-order valence-corrected chi connectivity index (χ4v) is 2.44. The monoisotopic (exact) mass is 280 g/mol. The predicted octanol–water partition coefficient (Wildman–Crippen LogP) is 1.28. The average Bonchev–Trinajstić information content (AvgIpc) is 2.38. The predicted molar refractivity (Wildman–Crippen MR) is 67.6 cm³/mol.